The number of rotatable bonds is 3. The molecule has 4 rings (SSSR count). The summed E-state index contributed by atoms with van der Waals surface area (Å²) in [6, 6.07) is 15.0. The molecule has 0 atom stereocenters. The Balaban J connectivity index is 1.82. The molecule has 1 fully saturated rings. The van der Waals surface area contributed by atoms with Crippen LogP contribution in [-0.4, -0.2) is 35.6 Å². The van der Waals surface area contributed by atoms with Crippen LogP contribution < -0.4 is 4.90 Å². The van der Waals surface area contributed by atoms with E-state index in [1.165, 1.54) is 5.69 Å². The third-order valence-corrected chi connectivity index (χ3v) is 4.38. The molecule has 0 aliphatic carbocycles. The normalized spacial score (nSPS) is 14.9. The van der Waals surface area contributed by atoms with Gasteiger partial charge < -0.3 is 14.0 Å². The number of aromatic nitrogens is 1. The van der Waals surface area contributed by atoms with Crippen molar-refractivity contribution in [2.24, 2.45) is 0 Å². The van der Waals surface area contributed by atoms with Crippen LogP contribution >= 0.6 is 0 Å². The Morgan fingerprint density at radius 1 is 1.04 bits per heavy atom. The SMILES string of the molecule is O=[N+]([O-])c1ccc(-c2cc(N3CCOCC3)c3ccccn23)cc1. The van der Waals surface area contributed by atoms with Crippen LogP contribution in [0.5, 0.6) is 0 Å². The average molecular weight is 323 g/mol. The molecular weight excluding hydrogens is 306 g/mol. The summed E-state index contributed by atoms with van der Waals surface area (Å²) in [4.78, 5) is 12.8. The van der Waals surface area contributed by atoms with Crippen LogP contribution in [0, 0.1) is 10.1 Å². The highest BCUT2D eigenvalue weighted by atomic mass is 16.6. The summed E-state index contributed by atoms with van der Waals surface area (Å²) in [5, 5.41) is 10.9. The van der Waals surface area contributed by atoms with Crippen LogP contribution in [0.4, 0.5) is 11.4 Å². The molecule has 3 heterocycles. The number of hydrogen-bond acceptors (Lipinski definition) is 4. The van der Waals surface area contributed by atoms with Crippen molar-refractivity contribution in [3.63, 3.8) is 0 Å². The maximum atomic E-state index is 10.9. The number of pyridine rings is 1. The Labute approximate surface area is 139 Å². The zero-order valence-electron chi connectivity index (χ0n) is 13.1. The largest absolute Gasteiger partial charge is 0.378 e. The first kappa shape index (κ1) is 14.7. The first-order chi connectivity index (χ1) is 11.7. The smallest absolute Gasteiger partial charge is 0.269 e. The Hall–Kier alpha value is -2.86. The van der Waals surface area contributed by atoms with Gasteiger partial charge in [-0.25, -0.2) is 0 Å². The summed E-state index contributed by atoms with van der Waals surface area (Å²) < 4.78 is 7.58. The fraction of sp³-hybridized carbons (Fsp3) is 0.222. The number of fused-ring (bicyclic) bond motifs is 1. The van der Waals surface area contributed by atoms with Gasteiger partial charge in [0.05, 0.1) is 35.0 Å². The van der Waals surface area contributed by atoms with Crippen molar-refractivity contribution in [3.05, 3.63) is 64.8 Å². The highest BCUT2D eigenvalue weighted by Gasteiger charge is 2.18. The molecule has 2 aromatic heterocycles. The number of hydrogen-bond donors (Lipinski definition) is 0. The molecule has 0 amide bonds. The summed E-state index contributed by atoms with van der Waals surface area (Å²) in [6.45, 7) is 3.20. The molecular formula is C18H17N3O3. The molecule has 0 radical (unpaired) electrons. The predicted molar refractivity (Wildman–Crippen MR) is 92.5 cm³/mol. The molecule has 0 unspecified atom stereocenters. The second-order valence-corrected chi connectivity index (χ2v) is 5.77. The highest BCUT2D eigenvalue weighted by Crippen LogP contribution is 2.33. The molecule has 0 N–H and O–H groups in total. The average Bonchev–Trinajstić information content (AvgIpc) is 3.02. The van der Waals surface area contributed by atoms with E-state index in [0.717, 1.165) is 43.1 Å². The number of morpholine rings is 1. The van der Waals surface area contributed by atoms with E-state index in [1.54, 1.807) is 24.3 Å². The van der Waals surface area contributed by atoms with Crippen LogP contribution in [0.15, 0.2) is 54.7 Å². The van der Waals surface area contributed by atoms with Gasteiger partial charge in [-0.15, -0.1) is 0 Å². The molecule has 6 heteroatoms. The van der Waals surface area contributed by atoms with Crippen LogP contribution in [0.3, 0.4) is 0 Å². The Kier molecular flexibility index (Phi) is 3.66. The minimum Gasteiger partial charge on any atom is -0.378 e. The number of nitro benzene ring substituents is 1. The van der Waals surface area contributed by atoms with E-state index >= 15 is 0 Å². The van der Waals surface area contributed by atoms with E-state index in [0.29, 0.717) is 0 Å². The van der Waals surface area contributed by atoms with Gasteiger partial charge in [-0.3, -0.25) is 10.1 Å². The number of ether oxygens (including phenoxy) is 1. The zero-order chi connectivity index (χ0) is 16.5. The summed E-state index contributed by atoms with van der Waals surface area (Å²) in [5.74, 6) is 0. The number of non-ortho nitro benzene ring substituents is 1. The van der Waals surface area contributed by atoms with Gasteiger partial charge in [0.15, 0.2) is 0 Å². The number of nitro groups is 1. The standard InChI is InChI=1S/C18H17N3O3/c22-21(23)15-6-4-14(5-7-15)17-13-18(19-9-11-24-12-10-19)16-3-1-2-8-20(16)17/h1-8,13H,9-12H2. The molecule has 1 aliphatic rings. The van der Waals surface area contributed by atoms with Gasteiger partial charge in [-0.1, -0.05) is 6.07 Å². The summed E-state index contributed by atoms with van der Waals surface area (Å²) in [7, 11) is 0. The molecule has 0 bridgehead atoms. The molecule has 24 heavy (non-hydrogen) atoms. The summed E-state index contributed by atoms with van der Waals surface area (Å²) in [5.41, 5.74) is 4.40. The molecule has 0 saturated carbocycles. The van der Waals surface area contributed by atoms with E-state index in [1.807, 2.05) is 18.3 Å². The lowest BCUT2D eigenvalue weighted by molar-refractivity contribution is -0.384. The quantitative estimate of drug-likeness (QED) is 0.548. The van der Waals surface area contributed by atoms with Crippen LogP contribution in [0.2, 0.25) is 0 Å². The lowest BCUT2D eigenvalue weighted by Gasteiger charge is -2.28. The topological polar surface area (TPSA) is 60.0 Å². The number of nitrogens with zero attached hydrogens (tertiary/aromatic N) is 3. The van der Waals surface area contributed by atoms with Gasteiger partial charge in [0.2, 0.25) is 0 Å². The van der Waals surface area contributed by atoms with E-state index in [4.69, 9.17) is 4.74 Å². The zero-order valence-corrected chi connectivity index (χ0v) is 13.1. The first-order valence-corrected chi connectivity index (χ1v) is 7.91. The van der Waals surface area contributed by atoms with Gasteiger partial charge in [-0.2, -0.15) is 0 Å². The van der Waals surface area contributed by atoms with Crippen molar-refractivity contribution in [2.45, 2.75) is 0 Å². The monoisotopic (exact) mass is 323 g/mol. The maximum Gasteiger partial charge on any atom is 0.269 e. The summed E-state index contributed by atoms with van der Waals surface area (Å²) >= 11 is 0. The Bertz CT molecular complexity index is 880. The fourth-order valence-corrected chi connectivity index (χ4v) is 3.17. The molecule has 1 aromatic carbocycles. The first-order valence-electron chi connectivity index (χ1n) is 7.91. The van der Waals surface area contributed by atoms with Gasteiger partial charge >= 0.3 is 0 Å². The minimum atomic E-state index is -0.376. The van der Waals surface area contributed by atoms with Gasteiger partial charge in [0.25, 0.3) is 5.69 Å². The fourth-order valence-electron chi connectivity index (χ4n) is 3.17. The minimum absolute atomic E-state index is 0.105. The van der Waals surface area contributed by atoms with Crippen molar-refractivity contribution in [3.8, 4) is 11.3 Å². The van der Waals surface area contributed by atoms with Crippen molar-refractivity contribution >= 4 is 16.9 Å². The van der Waals surface area contributed by atoms with E-state index in [9.17, 15) is 10.1 Å². The van der Waals surface area contributed by atoms with Crippen molar-refractivity contribution in [1.82, 2.24) is 4.40 Å². The Morgan fingerprint density at radius 3 is 2.50 bits per heavy atom. The second-order valence-electron chi connectivity index (χ2n) is 5.77. The molecule has 122 valence electrons. The van der Waals surface area contributed by atoms with Crippen molar-refractivity contribution in [2.75, 3.05) is 31.2 Å². The van der Waals surface area contributed by atoms with Crippen molar-refractivity contribution in [1.29, 1.82) is 0 Å². The molecule has 0 spiro atoms. The third kappa shape index (κ3) is 2.51. The predicted octanol–water partition coefficient (Wildman–Crippen LogP) is 3.35. The molecule has 3 aromatic rings. The lowest BCUT2D eigenvalue weighted by atomic mass is 10.1. The summed E-state index contributed by atoms with van der Waals surface area (Å²) in [6.07, 6.45) is 2.02. The molecule has 1 aliphatic heterocycles. The van der Waals surface area contributed by atoms with Crippen molar-refractivity contribution < 1.29 is 9.66 Å². The van der Waals surface area contributed by atoms with Gasteiger partial charge in [-0.05, 0) is 35.9 Å². The maximum absolute atomic E-state index is 10.9. The highest BCUT2D eigenvalue weighted by molar-refractivity contribution is 5.82. The second kappa shape index (κ2) is 5.98. The van der Waals surface area contributed by atoms with E-state index < -0.39 is 0 Å². The molecule has 6 nitrogen and oxygen atoms in total. The van der Waals surface area contributed by atoms with E-state index in [2.05, 4.69) is 21.4 Å². The van der Waals surface area contributed by atoms with Crippen LogP contribution in [0.1, 0.15) is 0 Å². The third-order valence-electron chi connectivity index (χ3n) is 4.38. The van der Waals surface area contributed by atoms with E-state index in [-0.39, 0.29) is 10.6 Å². The van der Waals surface area contributed by atoms with Gasteiger partial charge in [0, 0.05) is 31.4 Å². The lowest BCUT2D eigenvalue weighted by Crippen LogP contribution is -2.36. The molecule has 1 saturated heterocycles. The number of anilines is 1. The Morgan fingerprint density at radius 2 is 1.79 bits per heavy atom. The van der Waals surface area contributed by atoms with Crippen LogP contribution in [0.25, 0.3) is 16.8 Å². The van der Waals surface area contributed by atoms with Gasteiger partial charge in [0.1, 0.15) is 0 Å². The van der Waals surface area contributed by atoms with Crippen LogP contribution in [-0.2, 0) is 4.74 Å². The number of benzene rings is 1.